The molecule has 1 aliphatic carbocycles. The average molecular weight is 422 g/mol. The van der Waals surface area contributed by atoms with Gasteiger partial charge in [-0.1, -0.05) is 34.1 Å². The molecule has 0 amide bonds. The lowest BCUT2D eigenvalue weighted by atomic mass is 9.58. The summed E-state index contributed by atoms with van der Waals surface area (Å²) in [6, 6.07) is 14.5. The molecule has 0 saturated heterocycles. The lowest BCUT2D eigenvalue weighted by Gasteiger charge is -2.46. The summed E-state index contributed by atoms with van der Waals surface area (Å²) >= 11 is 3.49. The lowest BCUT2D eigenvalue weighted by Crippen LogP contribution is -2.49. The molecule has 0 saturated carbocycles. The van der Waals surface area contributed by atoms with E-state index in [0.717, 1.165) is 22.2 Å². The van der Waals surface area contributed by atoms with Crippen molar-refractivity contribution in [2.75, 3.05) is 13.1 Å². The van der Waals surface area contributed by atoms with Crippen molar-refractivity contribution in [3.05, 3.63) is 57.2 Å². The Kier molecular flexibility index (Phi) is 5.11. The largest absolute Gasteiger partial charge is 0.399 e. The molecule has 0 fully saturated rings. The quantitative estimate of drug-likeness (QED) is 0.785. The van der Waals surface area contributed by atoms with Crippen LogP contribution in [0.5, 0.6) is 0 Å². The maximum absolute atomic E-state index is 10.1. The van der Waals surface area contributed by atoms with Crippen LogP contribution in [0.15, 0.2) is 51.7 Å². The normalized spacial score (nSPS) is 24.4. The number of fused-ring (bicyclic) bond motifs is 1. The molecule has 136 valence electrons. The monoisotopic (exact) mass is 421 g/mol. The molecule has 6 heteroatoms. The first kappa shape index (κ1) is 19.2. The van der Waals surface area contributed by atoms with Gasteiger partial charge >= 0.3 is 0 Å². The molecule has 0 aromatic heterocycles. The van der Waals surface area contributed by atoms with E-state index in [0.29, 0.717) is 12.6 Å². The maximum atomic E-state index is 10.1. The van der Waals surface area contributed by atoms with Crippen molar-refractivity contribution in [1.29, 1.82) is 15.8 Å². The van der Waals surface area contributed by atoms with Crippen molar-refractivity contribution < 1.29 is 0 Å². The molecular weight excluding hydrogens is 402 g/mol. The Morgan fingerprint density at radius 2 is 1.96 bits per heavy atom. The fourth-order valence-electron chi connectivity index (χ4n) is 4.20. The summed E-state index contributed by atoms with van der Waals surface area (Å²) < 4.78 is 0.875. The third kappa shape index (κ3) is 2.94. The maximum Gasteiger partial charge on any atom is 0.191 e. The van der Waals surface area contributed by atoms with Gasteiger partial charge in [0.15, 0.2) is 5.41 Å². The number of nitrogens with zero attached hydrogens (tertiary/aromatic N) is 4. The van der Waals surface area contributed by atoms with Crippen LogP contribution in [0, 0.1) is 45.3 Å². The molecule has 1 heterocycles. The second-order valence-electron chi connectivity index (χ2n) is 7.28. The van der Waals surface area contributed by atoms with E-state index >= 15 is 0 Å². The Labute approximate surface area is 168 Å². The lowest BCUT2D eigenvalue weighted by molar-refractivity contribution is 0.174. The Balaban J connectivity index is 2.31. The van der Waals surface area contributed by atoms with Gasteiger partial charge in [-0.15, -0.1) is 0 Å². The smallest absolute Gasteiger partial charge is 0.191 e. The van der Waals surface area contributed by atoms with Crippen LogP contribution in [0.4, 0.5) is 0 Å². The first-order valence-electron chi connectivity index (χ1n) is 8.82. The molecular formula is C21H20BrN5. The third-order valence-corrected chi connectivity index (χ3v) is 6.12. The minimum Gasteiger partial charge on any atom is -0.399 e. The Morgan fingerprint density at radius 3 is 2.52 bits per heavy atom. The molecule has 0 spiro atoms. The average Bonchev–Trinajstić information content (AvgIpc) is 2.66. The minimum atomic E-state index is -1.58. The van der Waals surface area contributed by atoms with Gasteiger partial charge in [-0.05, 0) is 37.1 Å². The van der Waals surface area contributed by atoms with E-state index in [2.05, 4.69) is 52.9 Å². The van der Waals surface area contributed by atoms with E-state index in [1.807, 2.05) is 30.3 Å². The molecule has 0 radical (unpaired) electrons. The molecule has 27 heavy (non-hydrogen) atoms. The SMILES string of the molecule is CC(C)N1CC=C2C(C#N)=C(N)C(C#N)(C#N)[C@H](c3cccc(Br)c3)[C@@H]2C1. The minimum absolute atomic E-state index is 0.0699. The topological polar surface area (TPSA) is 101 Å². The van der Waals surface area contributed by atoms with Gasteiger partial charge in [0.25, 0.3) is 0 Å². The zero-order valence-electron chi connectivity index (χ0n) is 15.3. The van der Waals surface area contributed by atoms with Crippen LogP contribution in [-0.4, -0.2) is 24.0 Å². The molecule has 5 nitrogen and oxygen atoms in total. The number of allylic oxidation sites excluding steroid dienone is 2. The zero-order valence-corrected chi connectivity index (χ0v) is 16.9. The van der Waals surface area contributed by atoms with Crippen LogP contribution in [0.1, 0.15) is 25.3 Å². The number of hydrogen-bond acceptors (Lipinski definition) is 5. The molecule has 1 aromatic carbocycles. The summed E-state index contributed by atoms with van der Waals surface area (Å²) in [5.41, 5.74) is 6.82. The van der Waals surface area contributed by atoms with Crippen molar-refractivity contribution in [2.45, 2.75) is 25.8 Å². The number of nitrogens with two attached hydrogens (primary N) is 1. The van der Waals surface area contributed by atoms with Crippen molar-refractivity contribution in [1.82, 2.24) is 4.90 Å². The highest BCUT2D eigenvalue weighted by Crippen LogP contribution is 2.54. The number of nitriles is 3. The summed E-state index contributed by atoms with van der Waals surface area (Å²) in [6.07, 6.45) is 2.03. The summed E-state index contributed by atoms with van der Waals surface area (Å²) in [6.45, 7) is 5.63. The van der Waals surface area contributed by atoms with Crippen LogP contribution in [0.2, 0.25) is 0 Å². The van der Waals surface area contributed by atoms with Gasteiger partial charge in [-0.3, -0.25) is 4.90 Å². The number of benzene rings is 1. The van der Waals surface area contributed by atoms with E-state index in [-0.39, 0.29) is 17.2 Å². The van der Waals surface area contributed by atoms with E-state index in [4.69, 9.17) is 5.73 Å². The van der Waals surface area contributed by atoms with Crippen molar-refractivity contribution in [3.63, 3.8) is 0 Å². The van der Waals surface area contributed by atoms with E-state index < -0.39 is 11.3 Å². The highest BCUT2D eigenvalue weighted by molar-refractivity contribution is 9.10. The van der Waals surface area contributed by atoms with Gasteiger partial charge in [0, 0.05) is 35.4 Å². The van der Waals surface area contributed by atoms with Crippen LogP contribution < -0.4 is 5.73 Å². The Morgan fingerprint density at radius 1 is 1.26 bits per heavy atom. The van der Waals surface area contributed by atoms with Crippen molar-refractivity contribution >= 4 is 15.9 Å². The number of halogens is 1. The van der Waals surface area contributed by atoms with Gasteiger partial charge in [0.05, 0.1) is 23.4 Å². The Bertz CT molecular complexity index is 940. The first-order chi connectivity index (χ1) is 12.9. The second-order valence-corrected chi connectivity index (χ2v) is 8.19. The fourth-order valence-corrected chi connectivity index (χ4v) is 4.62. The van der Waals surface area contributed by atoms with Gasteiger partial charge in [-0.25, -0.2) is 0 Å². The molecule has 1 aromatic rings. The predicted molar refractivity (Wildman–Crippen MR) is 106 cm³/mol. The molecule has 2 aliphatic rings. The molecule has 2 atom stereocenters. The van der Waals surface area contributed by atoms with Crippen LogP contribution >= 0.6 is 15.9 Å². The summed E-state index contributed by atoms with van der Waals surface area (Å²) in [5.74, 6) is -0.605. The molecule has 2 N–H and O–H groups in total. The third-order valence-electron chi connectivity index (χ3n) is 5.63. The van der Waals surface area contributed by atoms with E-state index in [1.165, 1.54) is 0 Å². The zero-order chi connectivity index (χ0) is 19.8. The van der Waals surface area contributed by atoms with E-state index in [1.54, 1.807) is 0 Å². The van der Waals surface area contributed by atoms with Crippen LogP contribution in [-0.2, 0) is 0 Å². The first-order valence-corrected chi connectivity index (χ1v) is 9.61. The Hall–Kier alpha value is -2.59. The van der Waals surface area contributed by atoms with E-state index in [9.17, 15) is 15.8 Å². The summed E-state index contributed by atoms with van der Waals surface area (Å²) in [4.78, 5) is 2.29. The molecule has 0 bridgehead atoms. The van der Waals surface area contributed by atoms with Crippen LogP contribution in [0.3, 0.4) is 0 Å². The molecule has 3 rings (SSSR count). The van der Waals surface area contributed by atoms with Crippen LogP contribution in [0.25, 0.3) is 0 Å². The number of hydrogen-bond donors (Lipinski definition) is 1. The van der Waals surface area contributed by atoms with Crippen molar-refractivity contribution in [2.24, 2.45) is 17.1 Å². The standard InChI is InChI=1S/C21H20BrN5/c1-13(2)27-7-6-16-17(9-23)20(26)21(11-24,12-25)19(18(16)10-27)14-4-3-5-15(22)8-14/h3-6,8,13,18-19H,7,10,26H2,1-2H3/t18-,19-/m1/s1. The summed E-state index contributed by atoms with van der Waals surface area (Å²) in [5, 5.41) is 29.8. The summed E-state index contributed by atoms with van der Waals surface area (Å²) in [7, 11) is 0. The fraction of sp³-hybridized carbons (Fsp3) is 0.381. The number of rotatable bonds is 2. The molecule has 0 unspecified atom stereocenters. The highest BCUT2D eigenvalue weighted by atomic mass is 79.9. The van der Waals surface area contributed by atoms with Crippen molar-refractivity contribution in [3.8, 4) is 18.2 Å². The van der Waals surface area contributed by atoms with Gasteiger partial charge in [0.2, 0.25) is 0 Å². The second kappa shape index (κ2) is 7.20. The van der Waals surface area contributed by atoms with Gasteiger partial charge in [-0.2, -0.15) is 15.8 Å². The predicted octanol–water partition coefficient (Wildman–Crippen LogP) is 3.58. The molecule has 1 aliphatic heterocycles. The van der Waals surface area contributed by atoms with Gasteiger partial charge in [0.1, 0.15) is 6.07 Å². The highest BCUT2D eigenvalue weighted by Gasteiger charge is 2.54. The van der Waals surface area contributed by atoms with Gasteiger partial charge < -0.3 is 5.73 Å².